The van der Waals surface area contributed by atoms with Crippen LogP contribution in [0.5, 0.6) is 0 Å². The normalized spacial score (nSPS) is 21.7. The Bertz CT molecular complexity index is 1690. The maximum absolute atomic E-state index is 13.0. The average molecular weight is 705 g/mol. The van der Waals surface area contributed by atoms with E-state index in [-0.39, 0.29) is 43.5 Å². The van der Waals surface area contributed by atoms with E-state index in [0.717, 1.165) is 22.3 Å². The van der Waals surface area contributed by atoms with Crippen LogP contribution in [0.25, 0.3) is 0 Å². The zero-order valence-electron chi connectivity index (χ0n) is 27.8. The summed E-state index contributed by atoms with van der Waals surface area (Å²) < 4.78 is 58.6. The summed E-state index contributed by atoms with van der Waals surface area (Å²) in [6.07, 6.45) is -5.34. The Morgan fingerprint density at radius 3 is 1.67 bits per heavy atom. The molecule has 10 heteroatoms. The van der Waals surface area contributed by atoms with Gasteiger partial charge in [-0.05, 0) is 49.1 Å². The van der Waals surface area contributed by atoms with Crippen molar-refractivity contribution in [3.05, 3.63) is 138 Å². The number of rotatable bonds is 17. The molecule has 0 radical (unpaired) electrons. The highest BCUT2D eigenvalue weighted by Crippen LogP contribution is 2.33. The van der Waals surface area contributed by atoms with Gasteiger partial charge < -0.3 is 28.8 Å². The molecular weight excluding hydrogens is 661 g/mol. The molecule has 5 rings (SSSR count). The summed E-state index contributed by atoms with van der Waals surface area (Å²) in [5, 5.41) is 11.4. The minimum Gasteiger partial charge on any atom is -0.385 e. The zero-order chi connectivity index (χ0) is 34.6. The number of aliphatic hydroxyl groups excluding tert-OH is 1. The van der Waals surface area contributed by atoms with Gasteiger partial charge in [0, 0.05) is 4.86 Å². The minimum absolute atomic E-state index is 0.0568. The largest absolute Gasteiger partial charge is 0.385 e. The van der Waals surface area contributed by atoms with E-state index in [2.05, 4.69) is 0 Å². The summed E-state index contributed by atoms with van der Waals surface area (Å²) in [4.78, 5) is 0.593. The number of ether oxygens (including phenoxy) is 5. The predicted octanol–water partition coefficient (Wildman–Crippen LogP) is 6.41. The highest BCUT2D eigenvalue weighted by atomic mass is 32.2. The van der Waals surface area contributed by atoms with E-state index in [0.29, 0.717) is 4.86 Å². The van der Waals surface area contributed by atoms with E-state index in [4.69, 9.17) is 35.9 Å². The number of aliphatic hydroxyl groups is 1. The molecule has 4 aromatic carbocycles. The molecule has 1 aliphatic rings. The van der Waals surface area contributed by atoms with Crippen molar-refractivity contribution in [2.75, 3.05) is 12.4 Å². The van der Waals surface area contributed by atoms with Crippen LogP contribution in [0.2, 0.25) is 0 Å². The Hall–Kier alpha value is -3.32. The molecule has 1 saturated heterocycles. The Morgan fingerprint density at radius 1 is 0.714 bits per heavy atom. The summed E-state index contributed by atoms with van der Waals surface area (Å²) in [5.41, 5.74) is 3.80. The van der Waals surface area contributed by atoms with Gasteiger partial charge in [-0.25, -0.2) is 8.42 Å². The maximum atomic E-state index is 13.0. The van der Waals surface area contributed by atoms with Crippen LogP contribution in [0.1, 0.15) is 35.6 Å². The average Bonchev–Trinajstić information content (AvgIpc) is 3.12. The van der Waals surface area contributed by atoms with Crippen LogP contribution >= 0.6 is 12.2 Å². The first-order chi connectivity index (χ1) is 23.7. The van der Waals surface area contributed by atoms with Gasteiger partial charge in [-0.3, -0.25) is 0 Å². The fourth-order valence-electron chi connectivity index (χ4n) is 5.62. The van der Waals surface area contributed by atoms with Crippen LogP contribution in [0, 0.1) is 6.92 Å². The Labute approximate surface area is 294 Å². The first-order valence-electron chi connectivity index (χ1n) is 16.4. The van der Waals surface area contributed by atoms with Gasteiger partial charge in [-0.2, -0.15) is 0 Å². The molecule has 1 heterocycles. The lowest BCUT2D eigenvalue weighted by molar-refractivity contribution is -0.330. The lowest BCUT2D eigenvalue weighted by atomic mass is 9.93. The van der Waals surface area contributed by atoms with Crippen LogP contribution in [0.4, 0.5) is 0 Å². The second-order valence-electron chi connectivity index (χ2n) is 12.2. The van der Waals surface area contributed by atoms with Crippen molar-refractivity contribution in [2.24, 2.45) is 0 Å². The molecule has 0 bridgehead atoms. The molecule has 0 aromatic heterocycles. The molecular formula is C39H44O8S2. The van der Waals surface area contributed by atoms with E-state index < -0.39 is 46.6 Å². The first-order valence-corrected chi connectivity index (χ1v) is 18.5. The third kappa shape index (κ3) is 10.6. The Balaban J connectivity index is 1.42. The van der Waals surface area contributed by atoms with Crippen LogP contribution in [0.3, 0.4) is 0 Å². The van der Waals surface area contributed by atoms with Crippen molar-refractivity contribution < 1.29 is 37.2 Å². The first kappa shape index (κ1) is 36.9. The summed E-state index contributed by atoms with van der Waals surface area (Å²) in [7, 11) is -3.52. The van der Waals surface area contributed by atoms with Gasteiger partial charge in [0.2, 0.25) is 0 Å². The quantitative estimate of drug-likeness (QED) is 0.0988. The van der Waals surface area contributed by atoms with Crippen LogP contribution in [-0.4, -0.2) is 67.6 Å². The monoisotopic (exact) mass is 704 g/mol. The Morgan fingerprint density at radius 2 is 1.18 bits per heavy atom. The number of aryl methyl sites for hydroxylation is 1. The SMILES string of the molecule is CC(=S)C(O)[C@H]1O[C@H](OCCCS(=O)(=O)c2ccc(C)cc2)[C@H](OCc2ccccc2)[C@@H](OCc2ccccc2)[C@@H]1OCc1ccccc1. The van der Waals surface area contributed by atoms with Crippen molar-refractivity contribution in [1.82, 2.24) is 0 Å². The molecule has 0 spiro atoms. The van der Waals surface area contributed by atoms with Crippen molar-refractivity contribution in [2.45, 2.75) is 81.8 Å². The molecule has 0 saturated carbocycles. The van der Waals surface area contributed by atoms with E-state index in [1.54, 1.807) is 31.2 Å². The van der Waals surface area contributed by atoms with Crippen LogP contribution < -0.4 is 0 Å². The molecule has 4 aromatic rings. The fourth-order valence-corrected chi connectivity index (χ4v) is 7.04. The van der Waals surface area contributed by atoms with Crippen molar-refractivity contribution in [1.29, 1.82) is 0 Å². The molecule has 49 heavy (non-hydrogen) atoms. The van der Waals surface area contributed by atoms with Crippen LogP contribution in [0.15, 0.2) is 120 Å². The number of sulfone groups is 1. The predicted molar refractivity (Wildman–Crippen MR) is 192 cm³/mol. The second kappa shape index (κ2) is 18.1. The molecule has 1 fully saturated rings. The van der Waals surface area contributed by atoms with E-state index in [1.165, 1.54) is 0 Å². The standard InChI is InChI=1S/C39H44O8S2/c1-28-19-21-33(22-20-28)49(41,42)24-12-23-43-39-38(46-27-32-17-10-5-11-18-32)37(45-26-31-15-8-4-9-16-31)36(35(47-39)34(40)29(2)48)44-25-30-13-6-3-7-14-30/h3-11,13-22,34-40H,12,23-27H2,1-2H3/t34?,35-,36-,37+,38-,39+/m1/s1. The molecule has 8 nitrogen and oxygen atoms in total. The third-order valence-electron chi connectivity index (χ3n) is 8.33. The molecule has 0 amide bonds. The fraction of sp³-hybridized carbons (Fsp3) is 0.359. The summed E-state index contributed by atoms with van der Waals surface area (Å²) >= 11 is 5.43. The lowest BCUT2D eigenvalue weighted by Crippen LogP contribution is -2.64. The van der Waals surface area contributed by atoms with Gasteiger partial charge in [0.1, 0.15) is 30.5 Å². The van der Waals surface area contributed by atoms with Gasteiger partial charge in [-0.1, -0.05) is 121 Å². The van der Waals surface area contributed by atoms with Gasteiger partial charge in [-0.15, -0.1) is 0 Å². The van der Waals surface area contributed by atoms with Crippen molar-refractivity contribution in [3.8, 4) is 0 Å². The van der Waals surface area contributed by atoms with E-state index >= 15 is 0 Å². The second-order valence-corrected chi connectivity index (χ2v) is 14.9. The van der Waals surface area contributed by atoms with Crippen LogP contribution in [-0.2, 0) is 53.3 Å². The van der Waals surface area contributed by atoms with Gasteiger partial charge in [0.15, 0.2) is 16.1 Å². The molecule has 1 aliphatic heterocycles. The maximum Gasteiger partial charge on any atom is 0.186 e. The molecule has 6 atom stereocenters. The lowest BCUT2D eigenvalue weighted by Gasteiger charge is -2.47. The summed E-state index contributed by atoms with van der Waals surface area (Å²) in [6, 6.07) is 36.0. The van der Waals surface area contributed by atoms with E-state index in [1.807, 2.05) is 97.9 Å². The van der Waals surface area contributed by atoms with Gasteiger partial charge in [0.25, 0.3) is 0 Å². The van der Waals surface area contributed by atoms with Gasteiger partial charge >= 0.3 is 0 Å². The number of hydrogen-bond donors (Lipinski definition) is 1. The molecule has 0 aliphatic carbocycles. The molecule has 1 unspecified atom stereocenters. The smallest absolute Gasteiger partial charge is 0.186 e. The number of hydrogen-bond acceptors (Lipinski definition) is 9. The summed E-state index contributed by atoms with van der Waals surface area (Å²) in [5.74, 6) is -0.111. The minimum atomic E-state index is -3.52. The zero-order valence-corrected chi connectivity index (χ0v) is 29.4. The number of benzene rings is 4. The molecule has 260 valence electrons. The van der Waals surface area contributed by atoms with Gasteiger partial charge in [0.05, 0.1) is 37.1 Å². The number of thiocarbonyl (C=S) groups is 1. The van der Waals surface area contributed by atoms with Crippen molar-refractivity contribution in [3.63, 3.8) is 0 Å². The van der Waals surface area contributed by atoms with Crippen molar-refractivity contribution >= 4 is 26.9 Å². The summed E-state index contributed by atoms with van der Waals surface area (Å²) in [6.45, 7) is 4.32. The topological polar surface area (TPSA) is 101 Å². The highest BCUT2D eigenvalue weighted by Gasteiger charge is 2.51. The Kier molecular flexibility index (Phi) is 13.6. The molecule has 1 N–H and O–H groups in total. The third-order valence-corrected chi connectivity index (χ3v) is 10.4. The van der Waals surface area contributed by atoms with E-state index in [9.17, 15) is 13.5 Å². The highest BCUT2D eigenvalue weighted by molar-refractivity contribution is 7.91.